The summed E-state index contributed by atoms with van der Waals surface area (Å²) in [5.74, 6) is 3.21. The molecule has 6 unspecified atom stereocenters. The molecule has 64 valence electrons. The van der Waals surface area contributed by atoms with Crippen LogP contribution >= 0.6 is 0 Å². The van der Waals surface area contributed by atoms with Crippen LogP contribution in [0.25, 0.3) is 0 Å². The fourth-order valence-corrected chi connectivity index (χ4v) is 5.11. The molecule has 0 aromatic carbocycles. The van der Waals surface area contributed by atoms with Crippen LogP contribution in [0.2, 0.25) is 0 Å². The lowest BCUT2D eigenvalue weighted by Gasteiger charge is -2.23. The van der Waals surface area contributed by atoms with Crippen LogP contribution in [0.4, 0.5) is 0 Å². The molecule has 2 bridgehead atoms. The van der Waals surface area contributed by atoms with Crippen molar-refractivity contribution in [2.75, 3.05) is 0 Å². The normalized spacial score (nSPS) is 68.8. The Labute approximate surface area is 71.0 Å². The summed E-state index contributed by atoms with van der Waals surface area (Å²) >= 11 is 0. The molecule has 4 rings (SSSR count). The number of hydrogen-bond acceptors (Lipinski definition) is 1. The maximum Gasteiger partial charge on any atom is 0.310 e. The molecule has 0 spiro atoms. The summed E-state index contributed by atoms with van der Waals surface area (Å²) in [7, 11) is 0. The summed E-state index contributed by atoms with van der Waals surface area (Å²) in [5, 5.41) is 9.17. The molecule has 12 heavy (non-hydrogen) atoms. The van der Waals surface area contributed by atoms with Crippen molar-refractivity contribution < 1.29 is 9.90 Å². The van der Waals surface area contributed by atoms with Crippen molar-refractivity contribution in [2.24, 2.45) is 35.0 Å². The van der Waals surface area contributed by atoms with Crippen molar-refractivity contribution >= 4 is 5.97 Å². The highest BCUT2D eigenvalue weighted by Gasteiger charge is 2.84. The Morgan fingerprint density at radius 2 is 2.08 bits per heavy atom. The van der Waals surface area contributed by atoms with Gasteiger partial charge in [0, 0.05) is 0 Å². The van der Waals surface area contributed by atoms with Crippen molar-refractivity contribution in [3.63, 3.8) is 0 Å². The molecule has 4 aliphatic rings. The third kappa shape index (κ3) is 0.344. The molecule has 2 heteroatoms. The van der Waals surface area contributed by atoms with Crippen LogP contribution in [0, 0.1) is 35.0 Å². The fraction of sp³-hybridized carbons (Fsp3) is 0.900. The van der Waals surface area contributed by atoms with Crippen molar-refractivity contribution in [3.8, 4) is 0 Å². The molecule has 0 amide bonds. The van der Waals surface area contributed by atoms with Crippen molar-refractivity contribution in [2.45, 2.75) is 19.3 Å². The van der Waals surface area contributed by atoms with E-state index in [1.807, 2.05) is 0 Å². The number of carbonyl (C=O) groups is 1. The van der Waals surface area contributed by atoms with E-state index in [1.54, 1.807) is 0 Å². The number of aliphatic carboxylic acids is 1. The predicted octanol–water partition coefficient (Wildman–Crippen LogP) is 1.36. The van der Waals surface area contributed by atoms with Crippen LogP contribution in [0.15, 0.2) is 0 Å². The minimum Gasteiger partial charge on any atom is -0.481 e. The van der Waals surface area contributed by atoms with E-state index in [0.717, 1.165) is 24.2 Å². The first-order chi connectivity index (χ1) is 5.75. The topological polar surface area (TPSA) is 37.3 Å². The monoisotopic (exact) mass is 164 g/mol. The minimum absolute atomic E-state index is 0.184. The van der Waals surface area contributed by atoms with Gasteiger partial charge < -0.3 is 5.11 Å². The van der Waals surface area contributed by atoms with E-state index in [1.165, 1.54) is 12.8 Å². The van der Waals surface area contributed by atoms with Crippen molar-refractivity contribution in [3.05, 3.63) is 0 Å². The molecular formula is C10H12O2. The molecule has 4 saturated carbocycles. The van der Waals surface area contributed by atoms with Gasteiger partial charge in [0.2, 0.25) is 0 Å². The standard InChI is InChI=1S/C10H12O2/c11-9(12)10-3-5-1-4-2-6(5)8(10)7(4)10/h4-8H,1-3H2,(H,11,12). The Hall–Kier alpha value is -0.530. The lowest BCUT2D eigenvalue weighted by atomic mass is 9.81. The Morgan fingerprint density at radius 3 is 2.50 bits per heavy atom. The fourth-order valence-electron chi connectivity index (χ4n) is 5.11. The molecule has 0 aromatic rings. The zero-order chi connectivity index (χ0) is 8.09. The lowest BCUT2D eigenvalue weighted by Crippen LogP contribution is -2.24. The third-order valence-corrected chi connectivity index (χ3v) is 5.22. The van der Waals surface area contributed by atoms with Gasteiger partial charge in [-0.1, -0.05) is 0 Å². The quantitative estimate of drug-likeness (QED) is 0.635. The first-order valence-electron chi connectivity index (χ1n) is 4.98. The Morgan fingerprint density at radius 1 is 1.25 bits per heavy atom. The van der Waals surface area contributed by atoms with Crippen LogP contribution in [-0.2, 0) is 4.79 Å². The Bertz CT molecular complexity index is 290. The Balaban J connectivity index is 1.88. The molecule has 0 heterocycles. The molecule has 0 aromatic heterocycles. The van der Waals surface area contributed by atoms with Crippen LogP contribution in [0.3, 0.4) is 0 Å². The Kier molecular flexibility index (Phi) is 0.671. The number of carboxylic acids is 1. The number of fused-ring (bicyclic) bond motifs is 3. The van der Waals surface area contributed by atoms with Crippen LogP contribution in [0.5, 0.6) is 0 Å². The van der Waals surface area contributed by atoms with Crippen molar-refractivity contribution in [1.82, 2.24) is 0 Å². The first-order valence-corrected chi connectivity index (χ1v) is 4.98. The molecular weight excluding hydrogens is 152 g/mol. The maximum absolute atomic E-state index is 11.1. The highest BCUT2D eigenvalue weighted by Crippen LogP contribution is 2.85. The van der Waals surface area contributed by atoms with Gasteiger partial charge in [-0.15, -0.1) is 0 Å². The average molecular weight is 164 g/mol. The van der Waals surface area contributed by atoms with Crippen LogP contribution < -0.4 is 0 Å². The summed E-state index contributed by atoms with van der Waals surface area (Å²) in [6.45, 7) is 0. The zero-order valence-electron chi connectivity index (χ0n) is 6.86. The molecule has 4 fully saturated rings. The molecule has 0 aliphatic heterocycles. The predicted molar refractivity (Wildman–Crippen MR) is 41.4 cm³/mol. The zero-order valence-corrected chi connectivity index (χ0v) is 6.86. The maximum atomic E-state index is 11.1. The number of rotatable bonds is 1. The summed E-state index contributed by atoms with van der Waals surface area (Å²) in [5.41, 5.74) is -0.184. The molecule has 1 N–H and O–H groups in total. The average Bonchev–Trinajstić information content (AvgIpc) is 2.32. The van der Waals surface area contributed by atoms with Gasteiger partial charge >= 0.3 is 5.97 Å². The van der Waals surface area contributed by atoms with E-state index < -0.39 is 5.97 Å². The van der Waals surface area contributed by atoms with Crippen LogP contribution in [0.1, 0.15) is 19.3 Å². The van der Waals surface area contributed by atoms with E-state index in [4.69, 9.17) is 0 Å². The second-order valence-electron chi connectivity index (χ2n) is 5.26. The van der Waals surface area contributed by atoms with Crippen molar-refractivity contribution in [1.29, 1.82) is 0 Å². The molecule has 2 nitrogen and oxygen atoms in total. The number of hydrogen-bond donors (Lipinski definition) is 1. The van der Waals surface area contributed by atoms with Gasteiger partial charge in [0.05, 0.1) is 5.41 Å². The smallest absolute Gasteiger partial charge is 0.310 e. The highest BCUT2D eigenvalue weighted by atomic mass is 16.4. The summed E-state index contributed by atoms with van der Waals surface area (Å²) in [6.07, 6.45) is 3.76. The van der Waals surface area contributed by atoms with Gasteiger partial charge in [0.15, 0.2) is 0 Å². The molecule has 0 saturated heterocycles. The SMILES string of the molecule is O=C(O)C12CC3CC4CC3C1C42. The van der Waals surface area contributed by atoms with E-state index in [0.29, 0.717) is 11.8 Å². The van der Waals surface area contributed by atoms with Gasteiger partial charge in [0.25, 0.3) is 0 Å². The highest BCUT2D eigenvalue weighted by molar-refractivity contribution is 5.81. The van der Waals surface area contributed by atoms with E-state index in [9.17, 15) is 9.90 Å². The van der Waals surface area contributed by atoms with E-state index in [-0.39, 0.29) is 5.41 Å². The second-order valence-corrected chi connectivity index (χ2v) is 5.26. The largest absolute Gasteiger partial charge is 0.481 e. The first kappa shape index (κ1) is 6.01. The van der Waals surface area contributed by atoms with E-state index >= 15 is 0 Å². The van der Waals surface area contributed by atoms with Gasteiger partial charge in [-0.3, -0.25) is 4.79 Å². The third-order valence-electron chi connectivity index (χ3n) is 5.22. The second kappa shape index (κ2) is 1.34. The van der Waals surface area contributed by atoms with E-state index in [2.05, 4.69) is 0 Å². The van der Waals surface area contributed by atoms with Gasteiger partial charge in [-0.25, -0.2) is 0 Å². The summed E-state index contributed by atoms with van der Waals surface area (Å²) in [6, 6.07) is 0. The number of carboxylic acid groups (broad SMARTS) is 1. The summed E-state index contributed by atoms with van der Waals surface area (Å²) < 4.78 is 0. The van der Waals surface area contributed by atoms with Crippen LogP contribution in [-0.4, -0.2) is 11.1 Å². The van der Waals surface area contributed by atoms with Gasteiger partial charge in [-0.05, 0) is 48.9 Å². The molecule has 6 atom stereocenters. The molecule has 0 radical (unpaired) electrons. The summed E-state index contributed by atoms with van der Waals surface area (Å²) in [4.78, 5) is 11.1. The molecule has 4 aliphatic carbocycles. The lowest BCUT2D eigenvalue weighted by molar-refractivity contribution is -0.145. The van der Waals surface area contributed by atoms with Gasteiger partial charge in [-0.2, -0.15) is 0 Å². The van der Waals surface area contributed by atoms with Gasteiger partial charge in [0.1, 0.15) is 0 Å². The minimum atomic E-state index is -0.477.